The second kappa shape index (κ2) is 4.50. The highest BCUT2D eigenvalue weighted by atomic mass is 79.9. The number of hydrogen-bond acceptors (Lipinski definition) is 3. The van der Waals surface area contributed by atoms with Crippen LogP contribution in [0.2, 0.25) is 10.2 Å². The first-order chi connectivity index (χ1) is 8.65. The Morgan fingerprint density at radius 2 is 1.94 bits per heavy atom. The minimum absolute atomic E-state index is 0.377. The van der Waals surface area contributed by atoms with Gasteiger partial charge >= 0.3 is 0 Å². The lowest BCUT2D eigenvalue weighted by atomic mass is 10.2. The summed E-state index contributed by atoms with van der Waals surface area (Å²) in [4.78, 5) is 4.01. The van der Waals surface area contributed by atoms with Crippen molar-refractivity contribution in [2.45, 2.75) is 0 Å². The molecule has 90 valence electrons. The lowest BCUT2D eigenvalue weighted by molar-refractivity contribution is 1.08. The summed E-state index contributed by atoms with van der Waals surface area (Å²) in [6, 6.07) is 7.19. The normalized spacial score (nSPS) is 11.1. The number of halogens is 3. The zero-order valence-corrected chi connectivity index (χ0v) is 11.9. The predicted molar refractivity (Wildman–Crippen MR) is 73.9 cm³/mol. The van der Waals surface area contributed by atoms with Crippen LogP contribution >= 0.6 is 39.1 Å². The molecule has 0 aliphatic carbocycles. The van der Waals surface area contributed by atoms with Crippen molar-refractivity contribution in [3.05, 3.63) is 45.2 Å². The molecule has 3 rings (SSSR count). The number of fused-ring (bicyclic) bond motifs is 1. The van der Waals surface area contributed by atoms with Gasteiger partial charge in [-0.1, -0.05) is 39.1 Å². The largest absolute Gasteiger partial charge is 0.265 e. The van der Waals surface area contributed by atoms with E-state index in [1.807, 2.05) is 12.1 Å². The van der Waals surface area contributed by atoms with E-state index in [2.05, 4.69) is 31.1 Å². The minimum Gasteiger partial charge on any atom is -0.265 e. The molecule has 0 spiro atoms. The predicted octanol–water partition coefficient (Wildman–Crippen LogP) is 3.86. The van der Waals surface area contributed by atoms with Crippen LogP contribution in [0.15, 0.2) is 35.1 Å². The quantitative estimate of drug-likeness (QED) is 0.630. The van der Waals surface area contributed by atoms with Crippen molar-refractivity contribution in [1.29, 1.82) is 0 Å². The third-order valence-corrected chi connectivity index (χ3v) is 3.47. The van der Waals surface area contributed by atoms with E-state index in [1.165, 1.54) is 0 Å². The molecule has 0 saturated carbocycles. The molecule has 0 atom stereocenters. The van der Waals surface area contributed by atoms with Gasteiger partial charge in [0.25, 0.3) is 0 Å². The van der Waals surface area contributed by atoms with Gasteiger partial charge in [-0.05, 0) is 18.2 Å². The number of nitrogens with zero attached hydrogens (tertiary/aromatic N) is 4. The molecule has 4 nitrogen and oxygen atoms in total. The van der Waals surface area contributed by atoms with Crippen molar-refractivity contribution in [2.75, 3.05) is 0 Å². The standard InChI is InChI=1S/C11H5BrCl2N4/c12-6-1-2-8(13)7(3-6)11-17-16-10-4-9(14)15-5-18(10)11/h1-5H. The number of rotatable bonds is 1. The van der Waals surface area contributed by atoms with Crippen LogP contribution in [0.25, 0.3) is 17.0 Å². The highest BCUT2D eigenvalue weighted by Gasteiger charge is 2.12. The van der Waals surface area contributed by atoms with E-state index >= 15 is 0 Å². The molecule has 0 aliphatic rings. The van der Waals surface area contributed by atoms with Crippen molar-refractivity contribution in [2.24, 2.45) is 0 Å². The lowest BCUT2D eigenvalue weighted by Gasteiger charge is -2.03. The van der Waals surface area contributed by atoms with E-state index in [1.54, 1.807) is 22.9 Å². The summed E-state index contributed by atoms with van der Waals surface area (Å²) < 4.78 is 2.65. The van der Waals surface area contributed by atoms with Gasteiger partial charge in [0.2, 0.25) is 0 Å². The second-order valence-corrected chi connectivity index (χ2v) is 5.30. The van der Waals surface area contributed by atoms with Gasteiger partial charge in [0.05, 0.1) is 5.02 Å². The Morgan fingerprint density at radius 1 is 1.11 bits per heavy atom. The van der Waals surface area contributed by atoms with Crippen molar-refractivity contribution in [3.8, 4) is 11.4 Å². The summed E-state index contributed by atoms with van der Waals surface area (Å²) >= 11 is 15.4. The molecule has 0 radical (unpaired) electrons. The Bertz CT molecular complexity index is 741. The summed E-state index contributed by atoms with van der Waals surface area (Å²) in [5, 5.41) is 9.14. The molecule has 0 fully saturated rings. The average Bonchev–Trinajstić information content (AvgIpc) is 2.75. The highest BCUT2D eigenvalue weighted by molar-refractivity contribution is 9.10. The summed E-state index contributed by atoms with van der Waals surface area (Å²) in [6.45, 7) is 0. The first kappa shape index (κ1) is 11.9. The van der Waals surface area contributed by atoms with Crippen LogP contribution in [0.5, 0.6) is 0 Å². The number of benzene rings is 1. The van der Waals surface area contributed by atoms with Gasteiger partial charge in [-0.15, -0.1) is 10.2 Å². The van der Waals surface area contributed by atoms with Crippen LogP contribution in [0.1, 0.15) is 0 Å². The fraction of sp³-hybridized carbons (Fsp3) is 0. The van der Waals surface area contributed by atoms with E-state index in [4.69, 9.17) is 23.2 Å². The monoisotopic (exact) mass is 342 g/mol. The lowest BCUT2D eigenvalue weighted by Crippen LogP contribution is -1.92. The molecule has 0 bridgehead atoms. The van der Waals surface area contributed by atoms with Crippen LogP contribution in [0.4, 0.5) is 0 Å². The third-order valence-electron chi connectivity index (χ3n) is 2.44. The summed E-state index contributed by atoms with van der Waals surface area (Å²) in [5.41, 5.74) is 1.41. The minimum atomic E-state index is 0.377. The van der Waals surface area contributed by atoms with E-state index in [-0.39, 0.29) is 0 Å². The van der Waals surface area contributed by atoms with E-state index in [9.17, 15) is 0 Å². The maximum atomic E-state index is 6.17. The molecule has 2 heterocycles. The Balaban J connectivity index is 2.28. The molecule has 0 saturated heterocycles. The summed E-state index contributed by atoms with van der Waals surface area (Å²) in [6.07, 6.45) is 1.57. The van der Waals surface area contributed by atoms with E-state index < -0.39 is 0 Å². The first-order valence-corrected chi connectivity index (χ1v) is 6.52. The van der Waals surface area contributed by atoms with E-state index in [0.29, 0.717) is 21.6 Å². The van der Waals surface area contributed by atoms with Gasteiger partial charge in [0.15, 0.2) is 11.5 Å². The Kier molecular flexibility index (Phi) is 2.97. The first-order valence-electron chi connectivity index (χ1n) is 4.97. The van der Waals surface area contributed by atoms with Gasteiger partial charge in [0, 0.05) is 16.1 Å². The maximum absolute atomic E-state index is 6.17. The van der Waals surface area contributed by atoms with Gasteiger partial charge < -0.3 is 0 Å². The van der Waals surface area contributed by atoms with Crippen molar-refractivity contribution < 1.29 is 0 Å². The smallest absolute Gasteiger partial charge is 0.171 e. The SMILES string of the molecule is Clc1cc2nnc(-c3cc(Br)ccc3Cl)n2cn1. The molecule has 3 aromatic rings. The average molecular weight is 344 g/mol. The topological polar surface area (TPSA) is 43.1 Å². The van der Waals surface area contributed by atoms with Crippen molar-refractivity contribution in [3.63, 3.8) is 0 Å². The van der Waals surface area contributed by atoms with Crippen LogP contribution < -0.4 is 0 Å². The fourth-order valence-corrected chi connectivity index (χ4v) is 2.33. The number of aromatic nitrogens is 4. The van der Waals surface area contributed by atoms with Crippen LogP contribution in [-0.2, 0) is 0 Å². The van der Waals surface area contributed by atoms with Crippen LogP contribution in [0, 0.1) is 0 Å². The Morgan fingerprint density at radius 3 is 2.78 bits per heavy atom. The molecule has 2 aromatic heterocycles. The summed E-state index contributed by atoms with van der Waals surface area (Å²) in [5.74, 6) is 0.625. The maximum Gasteiger partial charge on any atom is 0.171 e. The van der Waals surface area contributed by atoms with Gasteiger partial charge in [-0.3, -0.25) is 4.40 Å². The Labute approximate surface area is 121 Å². The highest BCUT2D eigenvalue weighted by Crippen LogP contribution is 2.29. The molecule has 7 heteroatoms. The summed E-state index contributed by atoms with van der Waals surface area (Å²) in [7, 11) is 0. The molecule has 18 heavy (non-hydrogen) atoms. The molecular formula is C11H5BrCl2N4. The van der Waals surface area contributed by atoms with Gasteiger partial charge in [0.1, 0.15) is 11.5 Å². The Hall–Kier alpha value is -1.17. The molecule has 0 unspecified atom stereocenters. The van der Waals surface area contributed by atoms with E-state index in [0.717, 1.165) is 10.0 Å². The molecule has 0 N–H and O–H groups in total. The van der Waals surface area contributed by atoms with Crippen molar-refractivity contribution in [1.82, 2.24) is 19.6 Å². The molecule has 0 amide bonds. The fourth-order valence-electron chi connectivity index (χ4n) is 1.62. The second-order valence-electron chi connectivity index (χ2n) is 3.59. The molecule has 1 aromatic carbocycles. The number of hydrogen-bond donors (Lipinski definition) is 0. The molecular weight excluding hydrogens is 339 g/mol. The zero-order valence-electron chi connectivity index (χ0n) is 8.81. The van der Waals surface area contributed by atoms with Gasteiger partial charge in [-0.2, -0.15) is 0 Å². The third kappa shape index (κ3) is 1.98. The van der Waals surface area contributed by atoms with Crippen LogP contribution in [0.3, 0.4) is 0 Å². The van der Waals surface area contributed by atoms with Crippen LogP contribution in [-0.4, -0.2) is 19.6 Å². The van der Waals surface area contributed by atoms with Crippen molar-refractivity contribution >= 4 is 44.8 Å². The zero-order chi connectivity index (χ0) is 12.7. The molecule has 0 aliphatic heterocycles. The van der Waals surface area contributed by atoms with Gasteiger partial charge in [-0.25, -0.2) is 4.98 Å².